The summed E-state index contributed by atoms with van der Waals surface area (Å²) in [6.07, 6.45) is 1.02. The number of hydrogen-bond donors (Lipinski definition) is 2. The van der Waals surface area contributed by atoms with Crippen molar-refractivity contribution in [3.63, 3.8) is 0 Å². The average molecular weight is 344 g/mol. The van der Waals surface area contributed by atoms with E-state index in [0.717, 1.165) is 24.4 Å². The van der Waals surface area contributed by atoms with E-state index in [4.69, 9.17) is 0 Å². The van der Waals surface area contributed by atoms with E-state index in [1.807, 2.05) is 0 Å². The molecule has 0 saturated heterocycles. The highest BCUT2D eigenvalue weighted by molar-refractivity contribution is 5.86. The van der Waals surface area contributed by atoms with Crippen molar-refractivity contribution in [2.45, 2.75) is 6.42 Å². The molecule has 0 heterocycles. The molecule has 0 unspecified atom stereocenters. The van der Waals surface area contributed by atoms with E-state index in [2.05, 4.69) is 10.5 Å². The number of phenolic OH excluding ortho intramolecular Hbond substituents is 1. The summed E-state index contributed by atoms with van der Waals surface area (Å²) < 4.78 is 0. The first-order chi connectivity index (χ1) is 11.9. The van der Waals surface area contributed by atoms with Crippen molar-refractivity contribution in [2.24, 2.45) is 5.10 Å². The second-order valence-electron chi connectivity index (χ2n) is 4.89. The van der Waals surface area contributed by atoms with Crippen molar-refractivity contribution in [3.8, 4) is 5.75 Å². The van der Waals surface area contributed by atoms with Gasteiger partial charge in [-0.3, -0.25) is 25.0 Å². The molecule has 0 aliphatic heterocycles. The molecular formula is C15H12N4O6. The van der Waals surface area contributed by atoms with Crippen molar-refractivity contribution < 1.29 is 19.7 Å². The fourth-order valence-electron chi connectivity index (χ4n) is 1.89. The van der Waals surface area contributed by atoms with Crippen LogP contribution < -0.4 is 5.43 Å². The summed E-state index contributed by atoms with van der Waals surface area (Å²) in [6, 6.07) is 8.88. The summed E-state index contributed by atoms with van der Waals surface area (Å²) in [5, 5.41) is 34.5. The van der Waals surface area contributed by atoms with Crippen molar-refractivity contribution in [2.75, 3.05) is 0 Å². The van der Waals surface area contributed by atoms with Crippen molar-refractivity contribution in [1.82, 2.24) is 5.43 Å². The molecule has 2 aromatic carbocycles. The maximum Gasteiger partial charge on any atom is 0.270 e. The molecule has 2 aromatic rings. The van der Waals surface area contributed by atoms with E-state index in [0.29, 0.717) is 5.56 Å². The predicted molar refractivity (Wildman–Crippen MR) is 87.3 cm³/mol. The number of benzene rings is 2. The molecule has 0 saturated carbocycles. The lowest BCUT2D eigenvalue weighted by molar-refractivity contribution is -0.385. The van der Waals surface area contributed by atoms with Crippen molar-refractivity contribution in [3.05, 3.63) is 73.8 Å². The zero-order valence-electron chi connectivity index (χ0n) is 12.7. The zero-order valence-corrected chi connectivity index (χ0v) is 12.7. The van der Waals surface area contributed by atoms with Gasteiger partial charge in [0.2, 0.25) is 5.91 Å². The third kappa shape index (κ3) is 4.82. The highest BCUT2D eigenvalue weighted by atomic mass is 16.6. The smallest absolute Gasteiger partial charge is 0.270 e. The maximum atomic E-state index is 11.8. The number of amides is 1. The van der Waals surface area contributed by atoms with Gasteiger partial charge >= 0.3 is 0 Å². The number of carbonyl (C=O) groups is 1. The normalized spacial score (nSPS) is 10.6. The fourth-order valence-corrected chi connectivity index (χ4v) is 1.89. The average Bonchev–Trinajstić information content (AvgIpc) is 2.56. The van der Waals surface area contributed by atoms with Gasteiger partial charge in [-0.25, -0.2) is 5.43 Å². The van der Waals surface area contributed by atoms with Gasteiger partial charge in [-0.05, 0) is 11.6 Å². The lowest BCUT2D eigenvalue weighted by Crippen LogP contribution is -2.19. The molecular weight excluding hydrogens is 332 g/mol. The number of nitrogens with zero attached hydrogens (tertiary/aromatic N) is 3. The summed E-state index contributed by atoms with van der Waals surface area (Å²) in [4.78, 5) is 31.8. The minimum absolute atomic E-state index is 0.0593. The topological polar surface area (TPSA) is 148 Å². The van der Waals surface area contributed by atoms with Crippen molar-refractivity contribution >= 4 is 23.5 Å². The minimum atomic E-state index is -0.621. The third-order valence-corrected chi connectivity index (χ3v) is 3.13. The number of hydrazone groups is 1. The summed E-state index contributed by atoms with van der Waals surface area (Å²) in [5.41, 5.74) is 2.53. The summed E-state index contributed by atoms with van der Waals surface area (Å²) in [6.45, 7) is 0. The Morgan fingerprint density at radius 2 is 1.68 bits per heavy atom. The molecule has 0 aliphatic rings. The van der Waals surface area contributed by atoms with Crippen LogP contribution in [0.1, 0.15) is 11.1 Å². The molecule has 0 aliphatic carbocycles. The van der Waals surface area contributed by atoms with Gasteiger partial charge in [-0.1, -0.05) is 12.1 Å². The van der Waals surface area contributed by atoms with E-state index < -0.39 is 15.8 Å². The van der Waals surface area contributed by atoms with Gasteiger partial charge in [0.15, 0.2) is 0 Å². The first kappa shape index (κ1) is 17.5. The Labute approximate surface area is 140 Å². The number of aromatic hydroxyl groups is 1. The third-order valence-electron chi connectivity index (χ3n) is 3.13. The van der Waals surface area contributed by atoms with Crippen LogP contribution in [0, 0.1) is 20.2 Å². The van der Waals surface area contributed by atoms with Crippen LogP contribution in [-0.2, 0) is 11.2 Å². The van der Waals surface area contributed by atoms with Crippen LogP contribution >= 0.6 is 0 Å². The predicted octanol–water partition coefficient (Wildman–Crippen LogP) is 1.90. The molecule has 0 fully saturated rings. The van der Waals surface area contributed by atoms with Gasteiger partial charge in [0, 0.05) is 29.8 Å². The fraction of sp³-hybridized carbons (Fsp3) is 0.0667. The molecule has 128 valence electrons. The zero-order chi connectivity index (χ0) is 18.4. The second-order valence-corrected chi connectivity index (χ2v) is 4.89. The summed E-state index contributed by atoms with van der Waals surface area (Å²) in [5.74, 6) is -0.714. The number of non-ortho nitro benzene ring substituents is 2. The monoisotopic (exact) mass is 344 g/mol. The molecule has 0 aromatic heterocycles. The number of nitrogens with one attached hydrogen (secondary N) is 1. The number of rotatable bonds is 6. The highest BCUT2D eigenvalue weighted by Crippen LogP contribution is 2.21. The van der Waals surface area contributed by atoms with Gasteiger partial charge in [0.1, 0.15) is 5.75 Å². The Morgan fingerprint density at radius 3 is 2.28 bits per heavy atom. The van der Waals surface area contributed by atoms with Gasteiger partial charge < -0.3 is 5.11 Å². The van der Waals surface area contributed by atoms with Gasteiger partial charge in [0.25, 0.3) is 11.4 Å². The van der Waals surface area contributed by atoms with Crippen LogP contribution in [0.4, 0.5) is 11.4 Å². The molecule has 2 N–H and O–H groups in total. The summed E-state index contributed by atoms with van der Waals surface area (Å²) >= 11 is 0. The number of nitro benzene ring substituents is 2. The Kier molecular flexibility index (Phi) is 5.36. The quantitative estimate of drug-likeness (QED) is 0.464. The highest BCUT2D eigenvalue weighted by Gasteiger charge is 2.09. The van der Waals surface area contributed by atoms with E-state index in [9.17, 15) is 30.1 Å². The number of carbonyl (C=O) groups excluding carboxylic acids is 1. The summed E-state index contributed by atoms with van der Waals surface area (Å²) in [7, 11) is 0. The van der Waals surface area contributed by atoms with Crippen LogP contribution in [0.15, 0.2) is 47.6 Å². The molecule has 0 spiro atoms. The molecule has 1 amide bonds. The Bertz CT molecular complexity index is 848. The Morgan fingerprint density at radius 1 is 1.08 bits per heavy atom. The van der Waals surface area contributed by atoms with Gasteiger partial charge in [-0.15, -0.1) is 0 Å². The van der Waals surface area contributed by atoms with Gasteiger partial charge in [-0.2, -0.15) is 5.10 Å². The van der Waals surface area contributed by atoms with Crippen LogP contribution in [0.2, 0.25) is 0 Å². The van der Waals surface area contributed by atoms with E-state index in [1.54, 1.807) is 0 Å². The number of nitro groups is 2. The van der Waals surface area contributed by atoms with E-state index in [-0.39, 0.29) is 29.1 Å². The van der Waals surface area contributed by atoms with Crippen molar-refractivity contribution in [1.29, 1.82) is 0 Å². The first-order valence-electron chi connectivity index (χ1n) is 6.89. The lowest BCUT2D eigenvalue weighted by Gasteiger charge is -2.01. The molecule has 10 nitrogen and oxygen atoms in total. The first-order valence-corrected chi connectivity index (χ1v) is 6.89. The maximum absolute atomic E-state index is 11.8. The lowest BCUT2D eigenvalue weighted by atomic mass is 10.1. The largest absolute Gasteiger partial charge is 0.507 e. The van der Waals surface area contributed by atoms with E-state index in [1.165, 1.54) is 24.3 Å². The van der Waals surface area contributed by atoms with Crippen LogP contribution in [0.3, 0.4) is 0 Å². The van der Waals surface area contributed by atoms with E-state index >= 15 is 0 Å². The Hall–Kier alpha value is -3.82. The van der Waals surface area contributed by atoms with Crippen LogP contribution in [-0.4, -0.2) is 27.1 Å². The molecule has 10 heteroatoms. The molecule has 0 bridgehead atoms. The molecule has 0 radical (unpaired) electrons. The van der Waals surface area contributed by atoms with Gasteiger partial charge in [0.05, 0.1) is 22.5 Å². The molecule has 25 heavy (non-hydrogen) atoms. The standard InChI is InChI=1S/C15H12N4O6/c20-14-6-5-13(19(24)25)8-11(14)9-16-17-15(21)7-10-1-3-12(4-2-10)18(22)23/h1-6,8-9,20H,7H2,(H,17,21)/b16-9+. The Balaban J connectivity index is 1.97. The number of phenols is 1. The molecule has 0 atom stereocenters. The SMILES string of the molecule is O=C(Cc1ccc([N+](=O)[O-])cc1)N/N=C/c1cc([N+](=O)[O-])ccc1O. The van der Waals surface area contributed by atoms with Crippen LogP contribution in [0.5, 0.6) is 5.75 Å². The van der Waals surface area contributed by atoms with Crippen LogP contribution in [0.25, 0.3) is 0 Å². The number of hydrogen-bond acceptors (Lipinski definition) is 7. The molecule has 2 rings (SSSR count). The second kappa shape index (κ2) is 7.64. The minimum Gasteiger partial charge on any atom is -0.507 e.